The van der Waals surface area contributed by atoms with Gasteiger partial charge in [-0.25, -0.2) is 0 Å². The van der Waals surface area contributed by atoms with Gasteiger partial charge in [0.05, 0.1) is 18.1 Å². The highest BCUT2D eigenvalue weighted by atomic mass is 16.5. The van der Waals surface area contributed by atoms with Crippen LogP contribution in [0.4, 0.5) is 0 Å². The van der Waals surface area contributed by atoms with Crippen molar-refractivity contribution in [2.24, 2.45) is 17.3 Å². The summed E-state index contributed by atoms with van der Waals surface area (Å²) in [6, 6.07) is 5.12. The van der Waals surface area contributed by atoms with Crippen molar-refractivity contribution < 1.29 is 33.4 Å². The summed E-state index contributed by atoms with van der Waals surface area (Å²) >= 11 is 0. The van der Waals surface area contributed by atoms with Gasteiger partial charge in [0.1, 0.15) is 17.5 Å². The van der Waals surface area contributed by atoms with E-state index in [4.69, 9.17) is 9.47 Å². The van der Waals surface area contributed by atoms with Crippen molar-refractivity contribution in [1.29, 1.82) is 0 Å². The van der Waals surface area contributed by atoms with Crippen LogP contribution in [-0.2, 0) is 23.9 Å². The van der Waals surface area contributed by atoms with Gasteiger partial charge in [0, 0.05) is 23.4 Å². The molecule has 0 aliphatic carbocycles. The number of carbonyl (C=O) groups excluding carboxylic acids is 5. The standard InChI is InChI=1S/C31H44N4O7/c1-7-41-26-12-8-11-21-20(26)16-24(33-21)29(39)35-23(14-18(2)3)28(38)34-22(15-19-10-9-13-32-27(19)37)25(36)17-42-30(40)31(4,5)6/h8,11-12,16,18-19,22-23,33H,7,9-10,13-15,17H2,1-6H3,(H,32,37)(H,34,38)(H,35,39)/t19-,22-,23-/m0/s1. The Morgan fingerprint density at radius 3 is 2.48 bits per heavy atom. The Morgan fingerprint density at radius 2 is 1.83 bits per heavy atom. The molecule has 42 heavy (non-hydrogen) atoms. The van der Waals surface area contributed by atoms with Crippen LogP contribution in [0, 0.1) is 17.3 Å². The Labute approximate surface area is 246 Å². The number of hydrogen-bond acceptors (Lipinski definition) is 7. The van der Waals surface area contributed by atoms with E-state index >= 15 is 0 Å². The summed E-state index contributed by atoms with van der Waals surface area (Å²) in [5.41, 5.74) is 0.178. The molecule has 1 fully saturated rings. The summed E-state index contributed by atoms with van der Waals surface area (Å²) in [5, 5.41) is 9.11. The molecule has 3 atom stereocenters. The summed E-state index contributed by atoms with van der Waals surface area (Å²) in [6.45, 7) is 11.2. The highest BCUT2D eigenvalue weighted by Crippen LogP contribution is 2.26. The lowest BCUT2D eigenvalue weighted by Gasteiger charge is -2.28. The minimum Gasteiger partial charge on any atom is -0.493 e. The minimum absolute atomic E-state index is 0.0411. The number of hydrogen-bond donors (Lipinski definition) is 4. The molecule has 11 nitrogen and oxygen atoms in total. The van der Waals surface area contributed by atoms with Crippen LogP contribution in [0.3, 0.4) is 0 Å². The summed E-state index contributed by atoms with van der Waals surface area (Å²) in [5.74, 6) is -2.09. The molecule has 1 aliphatic heterocycles. The zero-order chi connectivity index (χ0) is 31.0. The average Bonchev–Trinajstić information content (AvgIpc) is 3.37. The van der Waals surface area contributed by atoms with Gasteiger partial charge >= 0.3 is 5.97 Å². The number of Topliss-reactive ketones (excluding diaryl/α,β-unsaturated/α-hetero) is 1. The second-order valence-electron chi connectivity index (χ2n) is 12.2. The van der Waals surface area contributed by atoms with Gasteiger partial charge in [0.2, 0.25) is 11.8 Å². The first-order valence-electron chi connectivity index (χ1n) is 14.6. The summed E-state index contributed by atoms with van der Waals surface area (Å²) in [6.07, 6.45) is 1.70. The molecule has 4 N–H and O–H groups in total. The van der Waals surface area contributed by atoms with Gasteiger partial charge in [-0.1, -0.05) is 19.9 Å². The molecule has 11 heteroatoms. The maximum absolute atomic E-state index is 13.6. The van der Waals surface area contributed by atoms with Crippen LogP contribution < -0.4 is 20.7 Å². The van der Waals surface area contributed by atoms with E-state index in [0.717, 1.165) is 17.3 Å². The summed E-state index contributed by atoms with van der Waals surface area (Å²) in [7, 11) is 0. The molecule has 3 rings (SSSR count). The van der Waals surface area contributed by atoms with Gasteiger partial charge in [0.15, 0.2) is 12.4 Å². The van der Waals surface area contributed by atoms with Crippen molar-refractivity contribution in [3.8, 4) is 5.75 Å². The molecule has 0 bridgehead atoms. The largest absolute Gasteiger partial charge is 0.493 e. The molecular formula is C31H44N4O7. The molecule has 2 aromatic rings. The Kier molecular flexibility index (Phi) is 11.1. The topological polar surface area (TPSA) is 156 Å². The number of ketones is 1. The molecule has 1 aliphatic rings. The van der Waals surface area contributed by atoms with Gasteiger partial charge in [-0.05, 0) is 77.5 Å². The fourth-order valence-electron chi connectivity index (χ4n) is 4.81. The number of benzene rings is 1. The first-order valence-corrected chi connectivity index (χ1v) is 14.6. The number of nitrogens with one attached hydrogen (secondary N) is 4. The monoisotopic (exact) mass is 584 g/mol. The Hall–Kier alpha value is -3.89. The molecule has 230 valence electrons. The van der Waals surface area contributed by atoms with Gasteiger partial charge < -0.3 is 30.4 Å². The maximum atomic E-state index is 13.6. The van der Waals surface area contributed by atoms with Crippen LogP contribution >= 0.6 is 0 Å². The number of aromatic amines is 1. The lowest BCUT2D eigenvalue weighted by atomic mass is 9.89. The summed E-state index contributed by atoms with van der Waals surface area (Å²) < 4.78 is 10.9. The molecule has 1 aromatic heterocycles. The predicted molar refractivity (Wildman–Crippen MR) is 158 cm³/mol. The average molecular weight is 585 g/mol. The molecule has 1 aromatic carbocycles. The third-order valence-corrected chi connectivity index (χ3v) is 7.08. The normalized spacial score (nSPS) is 16.8. The number of esters is 1. The minimum atomic E-state index is -1.08. The lowest BCUT2D eigenvalue weighted by molar-refractivity contribution is -0.156. The van der Waals surface area contributed by atoms with Crippen molar-refractivity contribution in [2.45, 2.75) is 79.3 Å². The van der Waals surface area contributed by atoms with Crippen LogP contribution in [0.5, 0.6) is 5.75 Å². The van der Waals surface area contributed by atoms with E-state index in [0.29, 0.717) is 31.7 Å². The molecule has 0 saturated carbocycles. The number of ether oxygens (including phenoxy) is 2. The van der Waals surface area contributed by atoms with Gasteiger partial charge in [0.25, 0.3) is 5.91 Å². The van der Waals surface area contributed by atoms with Crippen LogP contribution in [0.1, 0.15) is 77.7 Å². The number of rotatable bonds is 13. The highest BCUT2D eigenvalue weighted by Gasteiger charge is 2.34. The number of piperidine rings is 1. The van der Waals surface area contributed by atoms with Crippen LogP contribution in [0.2, 0.25) is 0 Å². The third kappa shape index (κ3) is 8.80. The number of amides is 3. The van der Waals surface area contributed by atoms with E-state index in [-0.39, 0.29) is 23.9 Å². The van der Waals surface area contributed by atoms with E-state index in [2.05, 4.69) is 20.9 Å². The molecular weight excluding hydrogens is 540 g/mol. The highest BCUT2D eigenvalue weighted by molar-refractivity contribution is 6.02. The van der Waals surface area contributed by atoms with Crippen molar-refractivity contribution >= 4 is 40.4 Å². The van der Waals surface area contributed by atoms with E-state index in [1.165, 1.54) is 0 Å². The fourth-order valence-corrected chi connectivity index (χ4v) is 4.81. The third-order valence-electron chi connectivity index (χ3n) is 7.08. The van der Waals surface area contributed by atoms with Crippen molar-refractivity contribution in [1.82, 2.24) is 20.9 Å². The van der Waals surface area contributed by atoms with Gasteiger partial charge in [-0.15, -0.1) is 0 Å². The van der Waals surface area contributed by atoms with Crippen LogP contribution in [0.15, 0.2) is 24.3 Å². The molecule has 2 heterocycles. The van der Waals surface area contributed by atoms with E-state index in [1.807, 2.05) is 39.0 Å². The first-order chi connectivity index (χ1) is 19.8. The lowest BCUT2D eigenvalue weighted by Crippen LogP contribution is -2.54. The Bertz CT molecular complexity index is 1290. The van der Waals surface area contributed by atoms with Crippen molar-refractivity contribution in [2.75, 3.05) is 19.8 Å². The smallest absolute Gasteiger partial charge is 0.311 e. The molecule has 0 spiro atoms. The first kappa shape index (κ1) is 32.6. The predicted octanol–water partition coefficient (Wildman–Crippen LogP) is 3.27. The van der Waals surface area contributed by atoms with Crippen molar-refractivity contribution in [3.05, 3.63) is 30.0 Å². The van der Waals surface area contributed by atoms with Gasteiger partial charge in [-0.3, -0.25) is 24.0 Å². The second kappa shape index (κ2) is 14.3. The molecule has 0 radical (unpaired) electrons. The molecule has 3 amide bonds. The van der Waals surface area contributed by atoms with Gasteiger partial charge in [-0.2, -0.15) is 0 Å². The molecule has 1 saturated heterocycles. The summed E-state index contributed by atoms with van der Waals surface area (Å²) in [4.78, 5) is 67.9. The Balaban J connectivity index is 1.79. The van der Waals surface area contributed by atoms with Crippen LogP contribution in [-0.4, -0.2) is 66.3 Å². The number of H-pyrrole nitrogens is 1. The van der Waals surface area contributed by atoms with E-state index < -0.39 is 53.6 Å². The van der Waals surface area contributed by atoms with E-state index in [9.17, 15) is 24.0 Å². The maximum Gasteiger partial charge on any atom is 0.311 e. The van der Waals surface area contributed by atoms with Crippen LogP contribution in [0.25, 0.3) is 10.9 Å². The number of carbonyl (C=O) groups is 5. The Morgan fingerprint density at radius 1 is 1.10 bits per heavy atom. The number of aromatic nitrogens is 1. The molecule has 0 unspecified atom stereocenters. The second-order valence-corrected chi connectivity index (χ2v) is 12.2. The van der Waals surface area contributed by atoms with Crippen molar-refractivity contribution in [3.63, 3.8) is 0 Å². The SMILES string of the molecule is CCOc1cccc2[nH]c(C(=O)N[C@@H](CC(C)C)C(=O)N[C@@H](C[C@@H]3CCCNC3=O)C(=O)COC(=O)C(C)(C)C)cc12. The zero-order valence-electron chi connectivity index (χ0n) is 25.4. The quantitative estimate of drug-likeness (QED) is 0.263. The number of fused-ring (bicyclic) bond motifs is 1. The zero-order valence-corrected chi connectivity index (χ0v) is 25.4. The fraction of sp³-hybridized carbons (Fsp3) is 0.581. The van der Waals surface area contributed by atoms with E-state index in [1.54, 1.807) is 26.8 Å².